The molecule has 3 nitrogen and oxygen atoms in total. The van der Waals surface area contributed by atoms with Gasteiger partial charge in [-0.2, -0.15) is 5.10 Å². The van der Waals surface area contributed by atoms with Gasteiger partial charge in [0, 0.05) is 11.9 Å². The van der Waals surface area contributed by atoms with Gasteiger partial charge in [0.25, 0.3) is 0 Å². The molecule has 0 bridgehead atoms. The minimum Gasteiger partial charge on any atom is -0.338 e. The van der Waals surface area contributed by atoms with Gasteiger partial charge in [-0.05, 0) is 17.7 Å². The highest BCUT2D eigenvalue weighted by Gasteiger charge is 2.07. The Bertz CT molecular complexity index is 677. The number of aromatic nitrogens is 2. The Morgan fingerprint density at radius 2 is 1.60 bits per heavy atom. The largest absolute Gasteiger partial charge is 0.338 e. The second kappa shape index (κ2) is 5.80. The maximum atomic E-state index is 6.22. The SMILES string of the molecule is Clc1cn(Cc2ccccc2)nc1Nc1ccccc1. The van der Waals surface area contributed by atoms with Crippen LogP contribution in [0.2, 0.25) is 5.02 Å². The summed E-state index contributed by atoms with van der Waals surface area (Å²) in [7, 11) is 0. The normalized spacial score (nSPS) is 10.4. The Labute approximate surface area is 122 Å². The molecule has 0 amide bonds. The van der Waals surface area contributed by atoms with Gasteiger partial charge >= 0.3 is 0 Å². The summed E-state index contributed by atoms with van der Waals surface area (Å²) >= 11 is 6.22. The average molecular weight is 284 g/mol. The minimum atomic E-state index is 0.616. The summed E-state index contributed by atoms with van der Waals surface area (Å²) in [5.41, 5.74) is 2.16. The third-order valence-electron chi connectivity index (χ3n) is 2.94. The highest BCUT2D eigenvalue weighted by Crippen LogP contribution is 2.23. The van der Waals surface area contributed by atoms with E-state index in [1.54, 1.807) is 0 Å². The van der Waals surface area contributed by atoms with Crippen molar-refractivity contribution in [2.24, 2.45) is 0 Å². The van der Waals surface area contributed by atoms with E-state index in [9.17, 15) is 0 Å². The van der Waals surface area contributed by atoms with Crippen molar-refractivity contribution in [3.63, 3.8) is 0 Å². The van der Waals surface area contributed by atoms with E-state index in [-0.39, 0.29) is 0 Å². The fourth-order valence-electron chi connectivity index (χ4n) is 1.99. The van der Waals surface area contributed by atoms with Crippen LogP contribution in [0.5, 0.6) is 0 Å². The minimum absolute atomic E-state index is 0.616. The molecule has 100 valence electrons. The predicted octanol–water partition coefficient (Wildman–Crippen LogP) is 4.33. The molecule has 0 aliphatic carbocycles. The molecule has 0 aliphatic heterocycles. The molecule has 0 saturated carbocycles. The molecule has 4 heteroatoms. The first-order valence-corrected chi connectivity index (χ1v) is 6.78. The van der Waals surface area contributed by atoms with Crippen LogP contribution in [0.25, 0.3) is 0 Å². The molecule has 0 atom stereocenters. The smallest absolute Gasteiger partial charge is 0.171 e. The monoisotopic (exact) mass is 283 g/mol. The zero-order valence-electron chi connectivity index (χ0n) is 10.8. The van der Waals surface area contributed by atoms with Crippen LogP contribution in [0.4, 0.5) is 11.5 Å². The lowest BCUT2D eigenvalue weighted by molar-refractivity contribution is 0.690. The van der Waals surface area contributed by atoms with E-state index >= 15 is 0 Å². The number of benzene rings is 2. The van der Waals surface area contributed by atoms with Gasteiger partial charge in [-0.3, -0.25) is 4.68 Å². The van der Waals surface area contributed by atoms with Gasteiger partial charge in [-0.1, -0.05) is 60.1 Å². The van der Waals surface area contributed by atoms with E-state index in [0.717, 1.165) is 5.69 Å². The molecule has 0 radical (unpaired) electrons. The van der Waals surface area contributed by atoms with Crippen molar-refractivity contribution in [2.75, 3.05) is 5.32 Å². The lowest BCUT2D eigenvalue weighted by Gasteiger charge is -2.03. The van der Waals surface area contributed by atoms with Crippen molar-refractivity contribution in [2.45, 2.75) is 6.54 Å². The topological polar surface area (TPSA) is 29.9 Å². The predicted molar refractivity (Wildman–Crippen MR) is 82.5 cm³/mol. The molecule has 1 N–H and O–H groups in total. The molecule has 0 aliphatic rings. The summed E-state index contributed by atoms with van der Waals surface area (Å²) in [5, 5.41) is 8.30. The first-order chi connectivity index (χ1) is 9.81. The molecule has 0 saturated heterocycles. The quantitative estimate of drug-likeness (QED) is 0.772. The summed E-state index contributed by atoms with van der Waals surface area (Å²) < 4.78 is 1.84. The number of para-hydroxylation sites is 1. The van der Waals surface area contributed by atoms with E-state index in [4.69, 9.17) is 11.6 Å². The molecule has 3 aromatic rings. The molecular formula is C16H14ClN3. The molecule has 20 heavy (non-hydrogen) atoms. The van der Waals surface area contributed by atoms with Gasteiger partial charge in [-0.15, -0.1) is 0 Å². The van der Waals surface area contributed by atoms with Crippen molar-refractivity contribution in [1.29, 1.82) is 0 Å². The van der Waals surface area contributed by atoms with Crippen molar-refractivity contribution < 1.29 is 0 Å². The van der Waals surface area contributed by atoms with Crippen molar-refractivity contribution in [1.82, 2.24) is 9.78 Å². The van der Waals surface area contributed by atoms with E-state index in [1.807, 2.05) is 59.4 Å². The summed E-state index contributed by atoms with van der Waals surface area (Å²) in [6.45, 7) is 0.705. The molecule has 0 spiro atoms. The fraction of sp³-hybridized carbons (Fsp3) is 0.0625. The number of hydrogen-bond donors (Lipinski definition) is 1. The molecule has 1 heterocycles. The van der Waals surface area contributed by atoms with Gasteiger partial charge in [0.2, 0.25) is 0 Å². The van der Waals surface area contributed by atoms with Crippen LogP contribution < -0.4 is 5.32 Å². The molecular weight excluding hydrogens is 270 g/mol. The van der Waals surface area contributed by atoms with Crippen molar-refractivity contribution in [3.8, 4) is 0 Å². The van der Waals surface area contributed by atoms with Gasteiger partial charge in [0.15, 0.2) is 5.82 Å². The van der Waals surface area contributed by atoms with Crippen LogP contribution >= 0.6 is 11.6 Å². The van der Waals surface area contributed by atoms with E-state index in [1.165, 1.54) is 5.56 Å². The first-order valence-electron chi connectivity index (χ1n) is 6.40. The third-order valence-corrected chi connectivity index (χ3v) is 3.22. The van der Waals surface area contributed by atoms with Crippen LogP contribution in [0.1, 0.15) is 5.56 Å². The number of halogens is 1. The summed E-state index contributed by atoms with van der Waals surface area (Å²) in [4.78, 5) is 0. The summed E-state index contributed by atoms with van der Waals surface area (Å²) in [6.07, 6.45) is 1.83. The van der Waals surface area contributed by atoms with Crippen LogP contribution in [0, 0.1) is 0 Å². The number of anilines is 2. The zero-order chi connectivity index (χ0) is 13.8. The standard InChI is InChI=1S/C16H14ClN3/c17-15-12-20(11-13-7-3-1-4-8-13)19-16(15)18-14-9-5-2-6-10-14/h1-10,12H,11H2,(H,18,19). The Kier molecular flexibility index (Phi) is 3.70. The zero-order valence-corrected chi connectivity index (χ0v) is 11.6. The first kappa shape index (κ1) is 12.8. The second-order valence-electron chi connectivity index (χ2n) is 4.50. The maximum absolute atomic E-state index is 6.22. The van der Waals surface area contributed by atoms with E-state index in [0.29, 0.717) is 17.4 Å². The number of rotatable bonds is 4. The van der Waals surface area contributed by atoms with Gasteiger partial charge < -0.3 is 5.32 Å². The van der Waals surface area contributed by atoms with Gasteiger partial charge in [-0.25, -0.2) is 0 Å². The van der Waals surface area contributed by atoms with Crippen molar-refractivity contribution in [3.05, 3.63) is 77.4 Å². The van der Waals surface area contributed by atoms with Gasteiger partial charge in [0.05, 0.1) is 6.54 Å². The van der Waals surface area contributed by atoms with Crippen LogP contribution in [-0.4, -0.2) is 9.78 Å². The maximum Gasteiger partial charge on any atom is 0.171 e. The lowest BCUT2D eigenvalue weighted by atomic mass is 10.2. The van der Waals surface area contributed by atoms with Crippen molar-refractivity contribution >= 4 is 23.1 Å². The van der Waals surface area contributed by atoms with Crippen LogP contribution in [0.3, 0.4) is 0 Å². The highest BCUT2D eigenvalue weighted by atomic mass is 35.5. The Hall–Kier alpha value is -2.26. The summed E-state index contributed by atoms with van der Waals surface area (Å²) in [6, 6.07) is 20.0. The third kappa shape index (κ3) is 3.00. The molecule has 0 fully saturated rings. The van der Waals surface area contributed by atoms with Crippen LogP contribution in [0.15, 0.2) is 66.9 Å². The van der Waals surface area contributed by atoms with Crippen LogP contribution in [-0.2, 0) is 6.54 Å². The highest BCUT2D eigenvalue weighted by molar-refractivity contribution is 6.33. The molecule has 3 rings (SSSR count). The Morgan fingerprint density at radius 3 is 2.30 bits per heavy atom. The van der Waals surface area contributed by atoms with E-state index in [2.05, 4.69) is 22.5 Å². The summed E-state index contributed by atoms with van der Waals surface area (Å²) in [5.74, 6) is 0.675. The lowest BCUT2D eigenvalue weighted by Crippen LogP contribution is -2.01. The number of nitrogens with one attached hydrogen (secondary N) is 1. The van der Waals surface area contributed by atoms with E-state index < -0.39 is 0 Å². The fourth-order valence-corrected chi connectivity index (χ4v) is 2.19. The number of nitrogens with zero attached hydrogens (tertiary/aromatic N) is 2. The molecule has 2 aromatic carbocycles. The molecule has 1 aromatic heterocycles. The van der Waals surface area contributed by atoms with Gasteiger partial charge in [0.1, 0.15) is 5.02 Å². The number of hydrogen-bond acceptors (Lipinski definition) is 2. The molecule has 0 unspecified atom stereocenters. The second-order valence-corrected chi connectivity index (χ2v) is 4.91. The Morgan fingerprint density at radius 1 is 0.950 bits per heavy atom. The average Bonchev–Trinajstić information content (AvgIpc) is 2.81. The Balaban J connectivity index is 1.77.